The number of Topliss-reactive ketones (excluding diaryl/α,β-unsaturated/α-hetero) is 1. The van der Waals surface area contributed by atoms with Crippen LogP contribution in [0.25, 0.3) is 0 Å². The average molecular weight is 805 g/mol. The van der Waals surface area contributed by atoms with Crippen molar-refractivity contribution in [3.8, 4) is 0 Å². The minimum atomic E-state index is -0.627. The summed E-state index contributed by atoms with van der Waals surface area (Å²) in [6, 6.07) is 7.88. The Balaban J connectivity index is 1.12. The van der Waals surface area contributed by atoms with Crippen molar-refractivity contribution in [3.05, 3.63) is 46.0 Å². The Kier molecular flexibility index (Phi) is 10.6. The molecule has 0 radical (unpaired) electrons. The van der Waals surface area contributed by atoms with Crippen molar-refractivity contribution in [2.24, 2.45) is 62.1 Å². The van der Waals surface area contributed by atoms with Gasteiger partial charge >= 0.3 is 5.97 Å². The average Bonchev–Trinajstić information content (AvgIpc) is 3.42. The van der Waals surface area contributed by atoms with E-state index >= 15 is 0 Å². The van der Waals surface area contributed by atoms with E-state index < -0.39 is 16.4 Å². The number of ketones is 1. The molecule has 1 aromatic rings. The second-order valence-electron chi connectivity index (χ2n) is 22.4. The van der Waals surface area contributed by atoms with E-state index in [1.807, 2.05) is 52.0 Å². The molecule has 8 heteroatoms. The molecule has 0 aromatic heterocycles. The van der Waals surface area contributed by atoms with Gasteiger partial charge in [0.2, 0.25) is 5.91 Å². The maximum Gasteiger partial charge on any atom is 0.310 e. The molecule has 1 N–H and O–H groups in total. The summed E-state index contributed by atoms with van der Waals surface area (Å²) in [6.07, 6.45) is 9.91. The fourth-order valence-electron chi connectivity index (χ4n) is 14.4. The van der Waals surface area contributed by atoms with Crippen molar-refractivity contribution in [1.82, 2.24) is 5.32 Å². The van der Waals surface area contributed by atoms with Gasteiger partial charge in [0.15, 0.2) is 5.78 Å². The molecule has 0 bridgehead atoms. The van der Waals surface area contributed by atoms with Crippen LogP contribution in [0.2, 0.25) is 5.02 Å². The number of allylic oxidation sites excluding steroid dienone is 1. The zero-order chi connectivity index (χ0) is 41.7. The van der Waals surface area contributed by atoms with E-state index in [2.05, 4.69) is 53.8 Å². The summed E-state index contributed by atoms with van der Waals surface area (Å²) >= 11 is 6.14. The Bertz CT molecular complexity index is 1830. The maximum absolute atomic E-state index is 14.4. The lowest BCUT2D eigenvalue weighted by Crippen LogP contribution is -2.67. The van der Waals surface area contributed by atoms with Crippen molar-refractivity contribution in [1.29, 1.82) is 0 Å². The summed E-state index contributed by atoms with van der Waals surface area (Å²) in [7, 11) is 0. The largest absolute Gasteiger partial charge is 0.464 e. The molecule has 314 valence electrons. The van der Waals surface area contributed by atoms with Crippen molar-refractivity contribution >= 4 is 35.7 Å². The normalized spacial score (nSPS) is 39.2. The molecule has 0 aliphatic heterocycles. The van der Waals surface area contributed by atoms with Gasteiger partial charge in [-0.25, -0.2) is 0 Å². The highest BCUT2D eigenvalue weighted by Crippen LogP contribution is 2.76. The molecule has 1 aromatic carbocycles. The van der Waals surface area contributed by atoms with Gasteiger partial charge in [-0.05, 0) is 139 Å². The van der Waals surface area contributed by atoms with E-state index in [0.717, 1.165) is 68.9 Å². The number of halogens is 1. The molecule has 0 spiro atoms. The molecule has 1 amide bonds. The SMILES string of the molecule is CC(C)C1=C2[C@H]3CC[C@@H]4[C@@]5(C)CC[C@H](OC(=O)[C@H]6C[C@@H](OC=O)C6(C)C)C(C)(C)[C@@H]5CC[C@@]4(C)[C@]3(C)CC[C@@]2(NC(=O)C(C)(C)CCc2ccc(Cl)cc2)CC1=O. The smallest absolute Gasteiger partial charge is 0.310 e. The molecular formula is C49H70ClNO6. The number of hydrogen-bond acceptors (Lipinski definition) is 6. The van der Waals surface area contributed by atoms with Crippen LogP contribution < -0.4 is 5.32 Å². The van der Waals surface area contributed by atoms with E-state index in [-0.39, 0.29) is 69.3 Å². The van der Waals surface area contributed by atoms with Gasteiger partial charge in [-0.15, -0.1) is 0 Å². The third-order valence-corrected chi connectivity index (χ3v) is 18.5. The second kappa shape index (κ2) is 14.2. The van der Waals surface area contributed by atoms with Gasteiger partial charge < -0.3 is 14.8 Å². The van der Waals surface area contributed by atoms with Crippen LogP contribution in [-0.4, -0.2) is 41.9 Å². The summed E-state index contributed by atoms with van der Waals surface area (Å²) in [6.45, 7) is 25.3. The molecule has 5 fully saturated rings. The number of ether oxygens (including phenoxy) is 2. The first-order chi connectivity index (χ1) is 26.5. The van der Waals surface area contributed by atoms with Gasteiger partial charge in [0.1, 0.15) is 12.2 Å². The van der Waals surface area contributed by atoms with Crippen LogP contribution in [0.4, 0.5) is 0 Å². The van der Waals surface area contributed by atoms with Crippen LogP contribution in [-0.2, 0) is 35.1 Å². The van der Waals surface area contributed by atoms with Crippen molar-refractivity contribution < 1.29 is 28.7 Å². The molecule has 10 atom stereocenters. The van der Waals surface area contributed by atoms with Crippen molar-refractivity contribution in [2.45, 2.75) is 171 Å². The van der Waals surface area contributed by atoms with Gasteiger partial charge in [-0.1, -0.05) is 99.9 Å². The number of carbonyl (C=O) groups is 4. The van der Waals surface area contributed by atoms with Gasteiger partial charge in [-0.3, -0.25) is 19.2 Å². The number of carbonyl (C=O) groups excluding carboxylic acids is 4. The minimum Gasteiger partial charge on any atom is -0.464 e. The van der Waals surface area contributed by atoms with Crippen LogP contribution in [0.3, 0.4) is 0 Å². The minimum absolute atomic E-state index is 0.0221. The van der Waals surface area contributed by atoms with Gasteiger partial charge in [0.05, 0.1) is 11.5 Å². The van der Waals surface area contributed by atoms with Crippen LogP contribution in [0.15, 0.2) is 35.4 Å². The summed E-state index contributed by atoms with van der Waals surface area (Å²) < 4.78 is 11.7. The molecule has 5 saturated carbocycles. The topological polar surface area (TPSA) is 98.8 Å². The number of rotatable bonds is 10. The van der Waals surface area contributed by atoms with E-state index in [9.17, 15) is 19.2 Å². The summed E-state index contributed by atoms with van der Waals surface area (Å²) in [5.41, 5.74) is 1.67. The Morgan fingerprint density at radius 1 is 0.877 bits per heavy atom. The molecule has 0 heterocycles. The Hall–Kier alpha value is -2.67. The first-order valence-electron chi connectivity index (χ1n) is 22.1. The number of benzene rings is 1. The molecule has 7 nitrogen and oxygen atoms in total. The zero-order valence-corrected chi connectivity index (χ0v) is 37.5. The Morgan fingerprint density at radius 3 is 2.19 bits per heavy atom. The molecule has 57 heavy (non-hydrogen) atoms. The molecular weight excluding hydrogens is 734 g/mol. The zero-order valence-electron chi connectivity index (χ0n) is 36.7. The van der Waals surface area contributed by atoms with Gasteiger partial charge in [0, 0.05) is 27.7 Å². The number of fused-ring (bicyclic) bond motifs is 7. The lowest BCUT2D eigenvalue weighted by Gasteiger charge is -2.72. The number of nitrogens with one attached hydrogen (secondary N) is 1. The standard InChI is InChI=1S/C49H70ClNO6/c1-29(2)39-34(53)27-49(51-42(55)43(3,4)21-18-30-12-14-31(50)15-13-30)25-24-47(10)32(40(39)49)16-17-36-46(9)22-20-37(45(7,8)35(46)19-23-48(36,47)11)57-41(54)33-26-38(56-28-52)44(33,5)6/h12-15,28-29,32-33,35-38H,16-27H2,1-11H3,(H,51,55)/t32-,33-,35+,36-,37+,38-,46+,47-,48-,49-/m1/s1. The molecule has 6 aliphatic carbocycles. The number of esters is 1. The Labute approximate surface area is 347 Å². The third kappa shape index (κ3) is 6.47. The van der Waals surface area contributed by atoms with Gasteiger partial charge in [-0.2, -0.15) is 0 Å². The fraction of sp³-hybridized carbons (Fsp3) is 0.755. The van der Waals surface area contributed by atoms with Crippen LogP contribution in [0, 0.1) is 62.1 Å². The van der Waals surface area contributed by atoms with Gasteiger partial charge in [0.25, 0.3) is 6.47 Å². The van der Waals surface area contributed by atoms with Crippen LogP contribution in [0.5, 0.6) is 0 Å². The van der Waals surface area contributed by atoms with E-state index in [0.29, 0.717) is 42.6 Å². The lowest BCUT2D eigenvalue weighted by atomic mass is 9.33. The quantitative estimate of drug-likeness (QED) is 0.187. The van der Waals surface area contributed by atoms with E-state index in [1.165, 1.54) is 5.57 Å². The highest BCUT2D eigenvalue weighted by Gasteiger charge is 2.70. The fourth-order valence-corrected chi connectivity index (χ4v) is 14.5. The first-order valence-corrected chi connectivity index (χ1v) is 22.5. The molecule has 0 saturated heterocycles. The highest BCUT2D eigenvalue weighted by molar-refractivity contribution is 6.30. The number of hydrogen-bond donors (Lipinski definition) is 1. The highest BCUT2D eigenvalue weighted by atomic mass is 35.5. The first kappa shape index (κ1) is 42.5. The molecule has 7 rings (SSSR count). The Morgan fingerprint density at radius 2 is 1.56 bits per heavy atom. The predicted octanol–water partition coefficient (Wildman–Crippen LogP) is 10.6. The van der Waals surface area contributed by atoms with Crippen molar-refractivity contribution in [2.75, 3.05) is 0 Å². The molecule has 0 unspecified atom stereocenters. The van der Waals surface area contributed by atoms with E-state index in [4.69, 9.17) is 21.1 Å². The lowest BCUT2D eigenvalue weighted by molar-refractivity contribution is -0.236. The monoisotopic (exact) mass is 803 g/mol. The van der Waals surface area contributed by atoms with Crippen LogP contribution in [0.1, 0.15) is 152 Å². The third-order valence-electron chi connectivity index (χ3n) is 18.2. The second-order valence-corrected chi connectivity index (χ2v) is 22.8. The maximum atomic E-state index is 14.4. The summed E-state index contributed by atoms with van der Waals surface area (Å²) in [4.78, 5) is 53.3. The van der Waals surface area contributed by atoms with E-state index in [1.54, 1.807) is 0 Å². The van der Waals surface area contributed by atoms with Crippen LogP contribution >= 0.6 is 11.6 Å². The molecule has 6 aliphatic rings. The number of amides is 1. The summed E-state index contributed by atoms with van der Waals surface area (Å²) in [5, 5.41) is 4.35. The van der Waals surface area contributed by atoms with Crippen molar-refractivity contribution in [3.63, 3.8) is 0 Å². The predicted molar refractivity (Wildman–Crippen MR) is 224 cm³/mol. The summed E-state index contributed by atoms with van der Waals surface area (Å²) in [5.74, 6) is 1.08. The number of aryl methyl sites for hydroxylation is 1.